The topological polar surface area (TPSA) is 211 Å². The van der Waals surface area contributed by atoms with Gasteiger partial charge in [-0.3, -0.25) is 23.7 Å². The molecule has 2 saturated heterocycles. The Labute approximate surface area is 410 Å². The molecule has 1 aliphatic carbocycles. The van der Waals surface area contributed by atoms with E-state index in [1.54, 1.807) is 54.4 Å². The van der Waals surface area contributed by atoms with Gasteiger partial charge >= 0.3 is 5.97 Å². The van der Waals surface area contributed by atoms with Crippen molar-refractivity contribution in [3.8, 4) is 0 Å². The maximum atomic E-state index is 14.4. The third-order valence-electron chi connectivity index (χ3n) is 14.5. The van der Waals surface area contributed by atoms with Gasteiger partial charge in [0.2, 0.25) is 5.79 Å². The van der Waals surface area contributed by atoms with Crippen LogP contribution in [0.3, 0.4) is 0 Å². The summed E-state index contributed by atoms with van der Waals surface area (Å²) in [6, 6.07) is -1.38. The average Bonchev–Trinajstić information content (AvgIpc) is 3.30. The van der Waals surface area contributed by atoms with E-state index in [4.69, 9.17) is 32.9 Å². The molecule has 3 aliphatic heterocycles. The second-order valence-corrected chi connectivity index (χ2v) is 23.2. The molecule has 4 aliphatic rings. The van der Waals surface area contributed by atoms with E-state index in [2.05, 4.69) is 0 Å². The molecule has 69 heavy (non-hydrogen) atoms. The Bertz CT molecular complexity index is 1940. The molecule has 17 heteroatoms. The van der Waals surface area contributed by atoms with Gasteiger partial charge in [0.15, 0.2) is 25.0 Å². The van der Waals surface area contributed by atoms with Crippen LogP contribution in [0, 0.1) is 35.5 Å². The van der Waals surface area contributed by atoms with Crippen LogP contribution in [-0.4, -0.2) is 153 Å². The SMILES string of the molecule is CO[C@H]1C[C@@H]2CC[C@@H](C)[C@@](O)(O2)C(=O)C(=O)N2CCOC[C@H]2C(=O)O[C@H]([C@H](C)C[C@@H]2CC[C@@H](OP(C)(C)=O)[C@H](OC)C2)CC(=O)C(C)=CC(C)[C@@H](O)[C@@H](OC)C(=O)[C@H](C)C[C@H](C)C=CC=CC=C1C. The number of aliphatic hydroxyl groups is 2. The van der Waals surface area contributed by atoms with Gasteiger partial charge in [0.1, 0.15) is 12.2 Å². The van der Waals surface area contributed by atoms with Gasteiger partial charge in [-0.15, -0.1) is 0 Å². The number of methoxy groups -OCH3 is 3. The van der Waals surface area contributed by atoms with Gasteiger partial charge in [-0.05, 0) is 87.7 Å². The number of cyclic esters (lactones) is 1. The van der Waals surface area contributed by atoms with Crippen LogP contribution in [0.5, 0.6) is 0 Å². The van der Waals surface area contributed by atoms with Crippen LogP contribution in [0.25, 0.3) is 0 Å². The maximum Gasteiger partial charge on any atom is 0.331 e. The summed E-state index contributed by atoms with van der Waals surface area (Å²) in [6.07, 6.45) is 9.69. The van der Waals surface area contributed by atoms with E-state index in [1.165, 1.54) is 7.11 Å². The minimum Gasteiger partial charge on any atom is -0.460 e. The molecule has 0 aromatic carbocycles. The zero-order valence-corrected chi connectivity index (χ0v) is 44.0. The third kappa shape index (κ3) is 16.2. The lowest BCUT2D eigenvalue weighted by molar-refractivity contribution is -0.266. The number of rotatable bonds is 8. The molecule has 15 atom stereocenters. The highest BCUT2D eigenvalue weighted by Crippen LogP contribution is 2.44. The van der Waals surface area contributed by atoms with Gasteiger partial charge in [0.05, 0.1) is 43.7 Å². The van der Waals surface area contributed by atoms with Crippen molar-refractivity contribution in [2.75, 3.05) is 54.4 Å². The van der Waals surface area contributed by atoms with Crippen molar-refractivity contribution >= 4 is 36.6 Å². The summed E-state index contributed by atoms with van der Waals surface area (Å²) in [5, 5.41) is 23.4. The number of hydrogen-bond donors (Lipinski definition) is 2. The number of carbonyl (C=O) groups is 5. The fraction of sp³-hybridized carbons (Fsp3) is 0.750. The molecule has 4 rings (SSSR count). The van der Waals surface area contributed by atoms with E-state index in [-0.39, 0.29) is 73.8 Å². The Morgan fingerprint density at radius 3 is 2.26 bits per heavy atom. The molecule has 1 amide bonds. The van der Waals surface area contributed by atoms with Crippen LogP contribution >= 0.6 is 7.37 Å². The fourth-order valence-corrected chi connectivity index (χ4v) is 11.1. The van der Waals surface area contributed by atoms with Crippen molar-refractivity contribution in [2.45, 2.75) is 161 Å². The normalized spacial score (nSPS) is 36.6. The molecule has 2 N–H and O–H groups in total. The van der Waals surface area contributed by atoms with Crippen LogP contribution < -0.4 is 0 Å². The van der Waals surface area contributed by atoms with Gasteiger partial charge in [-0.1, -0.05) is 71.1 Å². The number of ether oxygens (including phenoxy) is 6. The summed E-state index contributed by atoms with van der Waals surface area (Å²) in [6.45, 7) is 15.3. The zero-order valence-electron chi connectivity index (χ0n) is 43.1. The number of ketones is 3. The van der Waals surface area contributed by atoms with E-state index < -0.39 is 91.0 Å². The molecule has 3 fully saturated rings. The molecule has 0 radical (unpaired) electrons. The first kappa shape index (κ1) is 58.4. The number of amides is 1. The van der Waals surface area contributed by atoms with Crippen LogP contribution in [0.1, 0.15) is 106 Å². The highest BCUT2D eigenvalue weighted by molar-refractivity contribution is 7.57. The number of morpholine rings is 1. The summed E-state index contributed by atoms with van der Waals surface area (Å²) in [7, 11) is 1.72. The number of aliphatic hydroxyl groups excluding tert-OH is 1. The largest absolute Gasteiger partial charge is 0.460 e. The Kier molecular flexibility index (Phi) is 22.4. The van der Waals surface area contributed by atoms with Crippen molar-refractivity contribution in [1.82, 2.24) is 4.90 Å². The first-order valence-corrected chi connectivity index (χ1v) is 27.3. The zero-order chi connectivity index (χ0) is 51.4. The lowest BCUT2D eigenvalue weighted by Gasteiger charge is -2.42. The van der Waals surface area contributed by atoms with Crippen LogP contribution in [0.4, 0.5) is 0 Å². The van der Waals surface area contributed by atoms with Crippen molar-refractivity contribution in [1.29, 1.82) is 0 Å². The summed E-state index contributed by atoms with van der Waals surface area (Å²) in [5.41, 5.74) is 1.14. The Morgan fingerprint density at radius 1 is 0.899 bits per heavy atom. The van der Waals surface area contributed by atoms with E-state index in [1.807, 2.05) is 58.1 Å². The number of allylic oxidation sites excluding steroid dienone is 6. The van der Waals surface area contributed by atoms with Crippen molar-refractivity contribution < 1.29 is 71.7 Å². The van der Waals surface area contributed by atoms with E-state index in [9.17, 15) is 38.8 Å². The van der Waals surface area contributed by atoms with Crippen LogP contribution in [-0.2, 0) is 61.5 Å². The predicted octanol–water partition coefficient (Wildman–Crippen LogP) is 6.59. The van der Waals surface area contributed by atoms with E-state index >= 15 is 0 Å². The number of carbonyl (C=O) groups excluding carboxylic acids is 5. The molecule has 16 nitrogen and oxygen atoms in total. The minimum absolute atomic E-state index is 0.00745. The molecular formula is C52H82NO15P. The lowest BCUT2D eigenvalue weighted by Crippen LogP contribution is -2.62. The van der Waals surface area contributed by atoms with Crippen LogP contribution in [0.2, 0.25) is 0 Å². The fourth-order valence-electron chi connectivity index (χ4n) is 10.2. The van der Waals surface area contributed by atoms with Crippen molar-refractivity contribution in [3.63, 3.8) is 0 Å². The third-order valence-corrected chi connectivity index (χ3v) is 15.3. The Hall–Kier alpha value is -3.18. The number of hydrogen-bond acceptors (Lipinski definition) is 15. The molecule has 0 spiro atoms. The van der Waals surface area contributed by atoms with Crippen molar-refractivity contribution in [3.05, 3.63) is 47.6 Å². The molecule has 3 heterocycles. The average molecular weight is 992 g/mol. The number of fused-ring (bicyclic) bond motifs is 3. The van der Waals surface area contributed by atoms with Gasteiger partial charge in [-0.25, -0.2) is 4.79 Å². The van der Waals surface area contributed by atoms with Gasteiger partial charge in [-0.2, -0.15) is 0 Å². The second-order valence-electron chi connectivity index (χ2n) is 20.5. The minimum atomic E-state index is -2.80. The molecule has 390 valence electrons. The Balaban J connectivity index is 1.70. The summed E-state index contributed by atoms with van der Waals surface area (Å²) in [5.74, 6) is -8.55. The summed E-state index contributed by atoms with van der Waals surface area (Å²) >= 11 is 0. The highest BCUT2D eigenvalue weighted by Gasteiger charge is 2.53. The molecule has 0 aromatic heterocycles. The van der Waals surface area contributed by atoms with E-state index in [0.29, 0.717) is 44.9 Å². The maximum absolute atomic E-state index is 14.4. The van der Waals surface area contributed by atoms with Gasteiger partial charge < -0.3 is 48.1 Å². The first-order chi connectivity index (χ1) is 32.4. The van der Waals surface area contributed by atoms with Crippen LogP contribution in [0.15, 0.2) is 47.6 Å². The smallest absolute Gasteiger partial charge is 0.331 e. The summed E-state index contributed by atoms with van der Waals surface area (Å²) < 4.78 is 53.7. The molecule has 0 aromatic rings. The molecular weight excluding hydrogens is 910 g/mol. The van der Waals surface area contributed by atoms with Gasteiger partial charge in [0.25, 0.3) is 11.7 Å². The molecule has 2 bridgehead atoms. The molecule has 1 unspecified atom stereocenters. The van der Waals surface area contributed by atoms with E-state index in [0.717, 1.165) is 10.5 Å². The standard InChI is InChI=1S/C52H82NO15P/c1-31-16-14-13-15-17-32(2)43(62-8)28-39-20-18-37(7)52(60,67-39)49(57)50(58)53-22-23-65-30-40(53)51(59)66-44(34(4)26-38-19-21-42(45(27-38)63-9)68-69(11,12)61)29-41(54)33(3)25-36(6)47(56)48(64-10)46(55)35(5)24-31/h13-17,25,31,34-40,42-45,47-48,56,60H,18-24,26-30H2,1-12H3/t31-,34-,35-,36?,37-,38+,39+,40+,42-,43+,44+,45-,47-,48+,52-/m1/s1. The Morgan fingerprint density at radius 2 is 1.61 bits per heavy atom. The first-order valence-electron chi connectivity index (χ1n) is 24.7. The quantitative estimate of drug-likeness (QED) is 0.149. The molecule has 1 saturated carbocycles. The predicted molar refractivity (Wildman–Crippen MR) is 260 cm³/mol. The lowest BCUT2D eigenvalue weighted by atomic mass is 9.78. The number of esters is 1. The number of nitrogens with zero attached hydrogens (tertiary/aromatic N) is 1. The monoisotopic (exact) mass is 992 g/mol. The highest BCUT2D eigenvalue weighted by atomic mass is 31.2. The summed E-state index contributed by atoms with van der Waals surface area (Å²) in [4.78, 5) is 71.9. The number of Topliss-reactive ketones (excluding diaryl/α,β-unsaturated/α-hetero) is 3. The van der Waals surface area contributed by atoms with Gasteiger partial charge in [0, 0.05) is 71.8 Å². The second kappa shape index (κ2) is 26.5. The van der Waals surface area contributed by atoms with Crippen molar-refractivity contribution in [2.24, 2.45) is 35.5 Å².